The Morgan fingerprint density at radius 2 is 1.92 bits per heavy atom. The van der Waals surface area contributed by atoms with E-state index in [1.165, 1.54) is 0 Å². The van der Waals surface area contributed by atoms with Crippen LogP contribution in [0.4, 0.5) is 5.69 Å². The van der Waals surface area contributed by atoms with Gasteiger partial charge in [0.05, 0.1) is 12.1 Å². The van der Waals surface area contributed by atoms with Crippen LogP contribution >= 0.6 is 0 Å². The van der Waals surface area contributed by atoms with Gasteiger partial charge in [0.25, 0.3) is 5.91 Å². The molecule has 0 saturated carbocycles. The van der Waals surface area contributed by atoms with E-state index in [1.54, 1.807) is 4.90 Å². The van der Waals surface area contributed by atoms with Crippen molar-refractivity contribution in [2.24, 2.45) is 0 Å². The molecular weight excluding hydrogens is 300 g/mol. The fraction of sp³-hybridized carbons (Fsp3) is 0.300. The number of nitrogens with zero attached hydrogens (tertiary/aromatic N) is 2. The van der Waals surface area contributed by atoms with Gasteiger partial charge in [0, 0.05) is 25.7 Å². The molecular formula is C20H20N2O2. The third kappa shape index (κ3) is 2.48. The molecule has 0 spiro atoms. The van der Waals surface area contributed by atoms with Crippen molar-refractivity contribution in [3.8, 4) is 0 Å². The average molecular weight is 320 g/mol. The van der Waals surface area contributed by atoms with Gasteiger partial charge in [-0.25, -0.2) is 0 Å². The Morgan fingerprint density at radius 1 is 1.17 bits per heavy atom. The molecule has 0 N–H and O–H groups in total. The zero-order valence-corrected chi connectivity index (χ0v) is 13.8. The zero-order valence-electron chi connectivity index (χ0n) is 13.8. The molecule has 0 aromatic heterocycles. The van der Waals surface area contributed by atoms with E-state index in [9.17, 15) is 9.59 Å². The van der Waals surface area contributed by atoms with Gasteiger partial charge in [-0.15, -0.1) is 0 Å². The Labute approximate surface area is 141 Å². The summed E-state index contributed by atoms with van der Waals surface area (Å²) in [6.07, 6.45) is 2.33. The molecule has 2 aromatic rings. The van der Waals surface area contributed by atoms with Crippen molar-refractivity contribution in [2.45, 2.75) is 25.8 Å². The van der Waals surface area contributed by atoms with Gasteiger partial charge in [-0.3, -0.25) is 9.59 Å². The summed E-state index contributed by atoms with van der Waals surface area (Å²) in [7, 11) is 1.82. The largest absolute Gasteiger partial charge is 0.337 e. The van der Waals surface area contributed by atoms with E-state index in [-0.39, 0.29) is 11.8 Å². The van der Waals surface area contributed by atoms with E-state index < -0.39 is 0 Å². The molecule has 0 saturated heterocycles. The summed E-state index contributed by atoms with van der Waals surface area (Å²) in [6.45, 7) is 1.39. The third-order valence-corrected chi connectivity index (χ3v) is 4.86. The molecule has 0 aliphatic carbocycles. The van der Waals surface area contributed by atoms with Crippen molar-refractivity contribution in [3.63, 3.8) is 0 Å². The number of aryl methyl sites for hydroxylation is 1. The van der Waals surface area contributed by atoms with Gasteiger partial charge in [-0.2, -0.15) is 0 Å². The molecule has 4 rings (SSSR count). The van der Waals surface area contributed by atoms with Crippen molar-refractivity contribution in [1.82, 2.24) is 4.90 Å². The smallest absolute Gasteiger partial charge is 0.253 e. The second-order valence-corrected chi connectivity index (χ2v) is 6.62. The Morgan fingerprint density at radius 3 is 2.71 bits per heavy atom. The molecule has 122 valence electrons. The Hall–Kier alpha value is -2.62. The van der Waals surface area contributed by atoms with Crippen molar-refractivity contribution in [2.75, 3.05) is 18.5 Å². The Bertz CT molecular complexity index is 814. The summed E-state index contributed by atoms with van der Waals surface area (Å²) < 4.78 is 0. The number of amides is 2. The second kappa shape index (κ2) is 5.78. The summed E-state index contributed by atoms with van der Waals surface area (Å²) in [6, 6.07) is 13.9. The van der Waals surface area contributed by atoms with Crippen molar-refractivity contribution in [3.05, 3.63) is 64.7 Å². The number of anilines is 1. The first kappa shape index (κ1) is 14.9. The fourth-order valence-electron chi connectivity index (χ4n) is 3.75. The number of hydrogen-bond donors (Lipinski definition) is 0. The van der Waals surface area contributed by atoms with Gasteiger partial charge in [-0.1, -0.05) is 30.3 Å². The monoisotopic (exact) mass is 320 g/mol. The first-order valence-electron chi connectivity index (χ1n) is 8.39. The van der Waals surface area contributed by atoms with E-state index in [4.69, 9.17) is 0 Å². The molecule has 0 radical (unpaired) electrons. The highest BCUT2D eigenvalue weighted by Gasteiger charge is 2.33. The number of benzene rings is 2. The molecule has 0 bridgehead atoms. The van der Waals surface area contributed by atoms with Crippen molar-refractivity contribution >= 4 is 17.5 Å². The minimum Gasteiger partial charge on any atom is -0.337 e. The van der Waals surface area contributed by atoms with E-state index >= 15 is 0 Å². The van der Waals surface area contributed by atoms with Crippen LogP contribution in [0.25, 0.3) is 0 Å². The lowest BCUT2D eigenvalue weighted by Crippen LogP contribution is -2.31. The Balaban J connectivity index is 1.62. The maximum Gasteiger partial charge on any atom is 0.253 e. The van der Waals surface area contributed by atoms with E-state index in [1.807, 2.05) is 54.4 Å². The van der Waals surface area contributed by atoms with Crippen LogP contribution in [0, 0.1) is 0 Å². The predicted molar refractivity (Wildman–Crippen MR) is 93.1 cm³/mol. The molecule has 2 heterocycles. The van der Waals surface area contributed by atoms with Crippen LogP contribution in [0.2, 0.25) is 0 Å². The van der Waals surface area contributed by atoms with Gasteiger partial charge in [0.1, 0.15) is 0 Å². The molecule has 4 heteroatoms. The lowest BCUT2D eigenvalue weighted by molar-refractivity contribution is -0.117. The second-order valence-electron chi connectivity index (χ2n) is 6.62. The van der Waals surface area contributed by atoms with Gasteiger partial charge >= 0.3 is 0 Å². The Kier molecular flexibility index (Phi) is 3.60. The first-order valence-corrected chi connectivity index (χ1v) is 8.39. The minimum atomic E-state index is 0.00868. The van der Waals surface area contributed by atoms with Crippen molar-refractivity contribution < 1.29 is 9.59 Å². The van der Waals surface area contributed by atoms with Gasteiger partial charge in [0.15, 0.2) is 0 Å². The minimum absolute atomic E-state index is 0.00868. The summed E-state index contributed by atoms with van der Waals surface area (Å²) in [5.41, 5.74) is 5.01. The van der Waals surface area contributed by atoms with Crippen molar-refractivity contribution in [1.29, 1.82) is 0 Å². The molecule has 0 atom stereocenters. The van der Waals surface area contributed by atoms with Gasteiger partial charge in [-0.05, 0) is 41.7 Å². The van der Waals surface area contributed by atoms with Crippen LogP contribution in [0.5, 0.6) is 0 Å². The van der Waals surface area contributed by atoms with Gasteiger partial charge < -0.3 is 9.80 Å². The van der Waals surface area contributed by atoms with Crippen LogP contribution in [-0.2, 0) is 24.2 Å². The van der Waals surface area contributed by atoms with Crippen LogP contribution in [0.1, 0.15) is 33.5 Å². The molecule has 2 aromatic carbocycles. The molecule has 2 aliphatic rings. The highest BCUT2D eigenvalue weighted by molar-refractivity contribution is 6.04. The molecule has 24 heavy (non-hydrogen) atoms. The quantitative estimate of drug-likeness (QED) is 0.872. The normalized spacial score (nSPS) is 15.4. The van der Waals surface area contributed by atoms with Gasteiger partial charge in [0.2, 0.25) is 5.91 Å². The predicted octanol–water partition coefficient (Wildman–Crippen LogP) is 2.79. The number of hydrogen-bond acceptors (Lipinski definition) is 2. The lowest BCUT2D eigenvalue weighted by Gasteiger charge is -2.26. The van der Waals surface area contributed by atoms with E-state index in [0.29, 0.717) is 18.5 Å². The lowest BCUT2D eigenvalue weighted by atomic mass is 9.96. The van der Waals surface area contributed by atoms with Crippen LogP contribution in [0.15, 0.2) is 42.5 Å². The highest BCUT2D eigenvalue weighted by Crippen LogP contribution is 2.37. The molecule has 0 fully saturated rings. The molecule has 2 amide bonds. The first-order chi connectivity index (χ1) is 11.6. The standard InChI is InChI=1S/C20H20N2O2/c1-21(13-14-6-3-2-4-7-14)20(24)17-10-15-8-5-9-22-18(23)12-16(11-17)19(15)22/h2-4,6-7,10-11H,5,8-9,12-13H2,1H3. The maximum atomic E-state index is 12.8. The molecule has 2 aliphatic heterocycles. The highest BCUT2D eigenvalue weighted by atomic mass is 16.2. The summed E-state index contributed by atoms with van der Waals surface area (Å²) in [4.78, 5) is 28.6. The SMILES string of the molecule is CN(Cc1ccccc1)C(=O)c1cc2c3c(c1)CC(=O)N3CCC2. The zero-order chi connectivity index (χ0) is 16.7. The van der Waals surface area contributed by atoms with Crippen LogP contribution in [-0.4, -0.2) is 30.3 Å². The number of carbonyl (C=O) groups excluding carboxylic acids is 2. The maximum absolute atomic E-state index is 12.8. The van der Waals surface area contributed by atoms with E-state index in [0.717, 1.165) is 41.8 Å². The average Bonchev–Trinajstić information content (AvgIpc) is 2.92. The summed E-state index contributed by atoms with van der Waals surface area (Å²) >= 11 is 0. The topological polar surface area (TPSA) is 40.6 Å². The molecule has 0 unspecified atom stereocenters. The fourth-order valence-corrected chi connectivity index (χ4v) is 3.75. The summed E-state index contributed by atoms with van der Waals surface area (Å²) in [5, 5.41) is 0. The van der Waals surface area contributed by atoms with E-state index in [2.05, 4.69) is 0 Å². The number of rotatable bonds is 3. The summed E-state index contributed by atoms with van der Waals surface area (Å²) in [5.74, 6) is 0.169. The van der Waals surface area contributed by atoms with Crippen LogP contribution < -0.4 is 4.90 Å². The number of carbonyl (C=O) groups is 2. The van der Waals surface area contributed by atoms with Crippen LogP contribution in [0.3, 0.4) is 0 Å². The third-order valence-electron chi connectivity index (χ3n) is 4.86. The molecule has 4 nitrogen and oxygen atoms in total.